The number of ether oxygens (including phenoxy) is 1. The molecule has 1 aromatic carbocycles. The van der Waals surface area contributed by atoms with Crippen LogP contribution in [0.2, 0.25) is 0 Å². The van der Waals surface area contributed by atoms with Crippen LogP contribution < -0.4 is 10.1 Å². The van der Waals surface area contributed by atoms with Crippen LogP contribution in [0.5, 0.6) is 5.75 Å². The fraction of sp³-hybridized carbons (Fsp3) is 0.200. The number of rotatable bonds is 4. The minimum atomic E-state index is -0.243. The molecule has 0 aliphatic carbocycles. The van der Waals surface area contributed by atoms with Crippen molar-refractivity contribution in [1.82, 2.24) is 25.9 Å². The van der Waals surface area contributed by atoms with Gasteiger partial charge in [-0.1, -0.05) is 17.3 Å². The molecule has 88 valence electrons. The van der Waals surface area contributed by atoms with Crippen molar-refractivity contribution in [2.24, 2.45) is 0 Å². The predicted octanol–water partition coefficient (Wildman–Crippen LogP) is 0.138. The number of aromatic nitrogens is 4. The van der Waals surface area contributed by atoms with Gasteiger partial charge >= 0.3 is 0 Å². The number of carbonyl (C=O) groups excluding carboxylic acids is 1. The van der Waals surface area contributed by atoms with Crippen LogP contribution in [0.1, 0.15) is 16.2 Å². The molecule has 0 saturated carbocycles. The summed E-state index contributed by atoms with van der Waals surface area (Å²) >= 11 is 0. The molecule has 0 spiro atoms. The minimum absolute atomic E-state index is 0.216. The van der Waals surface area contributed by atoms with Gasteiger partial charge in [0.2, 0.25) is 0 Å². The Morgan fingerprint density at radius 2 is 2.29 bits per heavy atom. The first-order chi connectivity index (χ1) is 8.31. The lowest BCUT2D eigenvalue weighted by molar-refractivity contribution is 0.0947. The van der Waals surface area contributed by atoms with E-state index in [1.54, 1.807) is 24.3 Å². The monoisotopic (exact) mass is 233 g/mol. The zero-order valence-corrected chi connectivity index (χ0v) is 9.17. The van der Waals surface area contributed by atoms with Gasteiger partial charge in [-0.3, -0.25) is 4.79 Å². The summed E-state index contributed by atoms with van der Waals surface area (Å²) < 4.78 is 5.09. The Bertz CT molecular complexity index is 497. The molecule has 7 nitrogen and oxygen atoms in total. The van der Waals surface area contributed by atoms with Gasteiger partial charge in [0.25, 0.3) is 5.91 Å². The van der Waals surface area contributed by atoms with Crippen LogP contribution in [0.4, 0.5) is 0 Å². The molecule has 1 aromatic heterocycles. The van der Waals surface area contributed by atoms with Crippen molar-refractivity contribution in [1.29, 1.82) is 0 Å². The van der Waals surface area contributed by atoms with Crippen molar-refractivity contribution in [3.63, 3.8) is 0 Å². The molecule has 0 radical (unpaired) electrons. The Morgan fingerprint density at radius 3 is 3.00 bits per heavy atom. The molecular formula is C10H11N5O2. The third-order valence-corrected chi connectivity index (χ3v) is 2.15. The number of H-pyrrole nitrogens is 1. The topological polar surface area (TPSA) is 92.8 Å². The summed E-state index contributed by atoms with van der Waals surface area (Å²) in [5, 5.41) is 15.8. The van der Waals surface area contributed by atoms with Gasteiger partial charge in [-0.05, 0) is 12.1 Å². The molecule has 1 amide bonds. The Kier molecular flexibility index (Phi) is 3.29. The first-order valence-corrected chi connectivity index (χ1v) is 4.95. The van der Waals surface area contributed by atoms with Crippen LogP contribution in [0.15, 0.2) is 24.3 Å². The standard InChI is InChI=1S/C10H11N5O2/c1-17-8-5-3-2-4-7(8)10(16)11-6-9-12-14-15-13-9/h2-5H,6H2,1H3,(H,11,16)(H,12,13,14,15). The van der Waals surface area contributed by atoms with Crippen molar-refractivity contribution < 1.29 is 9.53 Å². The molecule has 0 unspecified atom stereocenters. The van der Waals surface area contributed by atoms with E-state index >= 15 is 0 Å². The summed E-state index contributed by atoms with van der Waals surface area (Å²) in [7, 11) is 1.52. The highest BCUT2D eigenvalue weighted by Crippen LogP contribution is 2.16. The zero-order valence-electron chi connectivity index (χ0n) is 9.17. The Labute approximate surface area is 97.2 Å². The van der Waals surface area contributed by atoms with E-state index in [2.05, 4.69) is 25.9 Å². The molecule has 0 aliphatic heterocycles. The number of methoxy groups -OCH3 is 1. The Morgan fingerprint density at radius 1 is 1.47 bits per heavy atom. The average molecular weight is 233 g/mol. The number of nitrogens with one attached hydrogen (secondary N) is 2. The molecule has 0 bridgehead atoms. The van der Waals surface area contributed by atoms with Crippen molar-refractivity contribution in [3.8, 4) is 5.75 Å². The van der Waals surface area contributed by atoms with Crippen LogP contribution >= 0.6 is 0 Å². The summed E-state index contributed by atoms with van der Waals surface area (Å²) in [5.41, 5.74) is 0.471. The van der Waals surface area contributed by atoms with E-state index in [1.165, 1.54) is 7.11 Å². The second-order valence-electron chi connectivity index (χ2n) is 3.21. The maximum Gasteiger partial charge on any atom is 0.255 e. The molecule has 0 aliphatic rings. The second kappa shape index (κ2) is 5.06. The van der Waals surface area contributed by atoms with E-state index in [1.807, 2.05) is 0 Å². The fourth-order valence-corrected chi connectivity index (χ4v) is 1.34. The van der Waals surface area contributed by atoms with E-state index in [4.69, 9.17) is 4.74 Å². The summed E-state index contributed by atoms with van der Waals surface area (Å²) in [4.78, 5) is 11.8. The number of hydrogen-bond acceptors (Lipinski definition) is 5. The van der Waals surface area contributed by atoms with Crippen molar-refractivity contribution in [2.75, 3.05) is 7.11 Å². The van der Waals surface area contributed by atoms with E-state index in [-0.39, 0.29) is 12.5 Å². The third-order valence-electron chi connectivity index (χ3n) is 2.15. The quantitative estimate of drug-likeness (QED) is 0.783. The van der Waals surface area contributed by atoms with Gasteiger partial charge in [-0.25, -0.2) is 0 Å². The van der Waals surface area contributed by atoms with Gasteiger partial charge in [-0.2, -0.15) is 5.21 Å². The molecule has 0 fully saturated rings. The molecule has 2 N–H and O–H groups in total. The van der Waals surface area contributed by atoms with Crippen molar-refractivity contribution >= 4 is 5.91 Å². The number of para-hydroxylation sites is 1. The number of tetrazole rings is 1. The molecule has 17 heavy (non-hydrogen) atoms. The summed E-state index contributed by atoms with van der Waals surface area (Å²) in [5.74, 6) is 0.707. The molecular weight excluding hydrogens is 222 g/mol. The van der Waals surface area contributed by atoms with E-state index < -0.39 is 0 Å². The number of hydrogen-bond donors (Lipinski definition) is 2. The Hall–Kier alpha value is -2.44. The van der Waals surface area contributed by atoms with Gasteiger partial charge in [0.05, 0.1) is 19.2 Å². The lowest BCUT2D eigenvalue weighted by Gasteiger charge is -2.07. The lowest BCUT2D eigenvalue weighted by atomic mass is 10.2. The lowest BCUT2D eigenvalue weighted by Crippen LogP contribution is -2.23. The third kappa shape index (κ3) is 2.57. The number of carbonyl (C=O) groups is 1. The van der Waals surface area contributed by atoms with Gasteiger partial charge < -0.3 is 10.1 Å². The molecule has 1 heterocycles. The molecule has 2 rings (SSSR count). The van der Waals surface area contributed by atoms with Crippen LogP contribution in [0.3, 0.4) is 0 Å². The number of aromatic amines is 1. The van der Waals surface area contributed by atoms with Gasteiger partial charge in [-0.15, -0.1) is 10.2 Å². The van der Waals surface area contributed by atoms with Crippen LogP contribution in [0.25, 0.3) is 0 Å². The highest BCUT2D eigenvalue weighted by atomic mass is 16.5. The maximum absolute atomic E-state index is 11.8. The Balaban J connectivity index is 2.04. The first-order valence-electron chi connectivity index (χ1n) is 4.95. The average Bonchev–Trinajstić information content (AvgIpc) is 2.89. The highest BCUT2D eigenvalue weighted by Gasteiger charge is 2.11. The van der Waals surface area contributed by atoms with E-state index in [0.717, 1.165) is 0 Å². The SMILES string of the molecule is COc1ccccc1C(=O)NCc1nn[nH]n1. The number of amides is 1. The van der Waals surface area contributed by atoms with Gasteiger partial charge in [0.1, 0.15) is 5.75 Å². The smallest absolute Gasteiger partial charge is 0.255 e. The number of nitrogens with zero attached hydrogens (tertiary/aromatic N) is 3. The predicted molar refractivity (Wildman–Crippen MR) is 58.3 cm³/mol. The molecule has 0 atom stereocenters. The summed E-state index contributed by atoms with van der Waals surface area (Å²) in [6.45, 7) is 0.216. The summed E-state index contributed by atoms with van der Waals surface area (Å²) in [6, 6.07) is 6.98. The zero-order chi connectivity index (χ0) is 12.1. The number of benzene rings is 1. The van der Waals surface area contributed by atoms with Gasteiger partial charge in [0, 0.05) is 0 Å². The van der Waals surface area contributed by atoms with E-state index in [9.17, 15) is 4.79 Å². The van der Waals surface area contributed by atoms with E-state index in [0.29, 0.717) is 17.1 Å². The maximum atomic E-state index is 11.8. The van der Waals surface area contributed by atoms with Crippen LogP contribution in [-0.4, -0.2) is 33.6 Å². The normalized spacial score (nSPS) is 9.94. The first kappa shape index (κ1) is 11.1. The van der Waals surface area contributed by atoms with Crippen molar-refractivity contribution in [3.05, 3.63) is 35.7 Å². The largest absolute Gasteiger partial charge is 0.496 e. The highest BCUT2D eigenvalue weighted by molar-refractivity contribution is 5.96. The molecule has 2 aromatic rings. The molecule has 7 heteroatoms. The minimum Gasteiger partial charge on any atom is -0.496 e. The summed E-state index contributed by atoms with van der Waals surface area (Å²) in [6.07, 6.45) is 0. The second-order valence-corrected chi connectivity index (χ2v) is 3.21. The van der Waals surface area contributed by atoms with Crippen LogP contribution in [-0.2, 0) is 6.54 Å². The van der Waals surface area contributed by atoms with Gasteiger partial charge in [0.15, 0.2) is 5.82 Å². The fourth-order valence-electron chi connectivity index (χ4n) is 1.34. The molecule has 0 saturated heterocycles. The van der Waals surface area contributed by atoms with Crippen LogP contribution in [0, 0.1) is 0 Å². The van der Waals surface area contributed by atoms with Crippen molar-refractivity contribution in [2.45, 2.75) is 6.54 Å².